The van der Waals surface area contributed by atoms with Crippen LogP contribution in [0.5, 0.6) is 11.5 Å². The second kappa shape index (κ2) is 7.21. The molecule has 0 amide bonds. The maximum absolute atomic E-state index is 11.9. The first-order valence-corrected chi connectivity index (χ1v) is 7.87. The molecule has 0 N–H and O–H groups in total. The van der Waals surface area contributed by atoms with Crippen molar-refractivity contribution >= 4 is 16.9 Å². The predicted molar refractivity (Wildman–Crippen MR) is 95.1 cm³/mol. The van der Waals surface area contributed by atoms with E-state index in [1.165, 1.54) is 7.11 Å². The molecule has 0 radical (unpaired) electrons. The Morgan fingerprint density at radius 2 is 1.88 bits per heavy atom. The maximum Gasteiger partial charge on any atom is 0.356 e. The highest BCUT2D eigenvalue weighted by molar-refractivity contribution is 5.94. The average Bonchev–Trinajstić information content (AvgIpc) is 2.65. The largest absolute Gasteiger partial charge is 0.497 e. The van der Waals surface area contributed by atoms with Crippen molar-refractivity contribution in [3.63, 3.8) is 0 Å². The number of aryl methyl sites for hydroxylation is 1. The Balaban J connectivity index is 2.03. The summed E-state index contributed by atoms with van der Waals surface area (Å²) in [7, 11) is 2.93. The van der Waals surface area contributed by atoms with E-state index >= 15 is 0 Å². The number of carbonyl (C=O) groups excluding carboxylic acids is 1. The van der Waals surface area contributed by atoms with E-state index in [1.807, 2.05) is 37.3 Å². The minimum Gasteiger partial charge on any atom is -0.497 e. The normalized spacial score (nSPS) is 10.5. The molecule has 0 aliphatic rings. The molecule has 3 aromatic rings. The summed E-state index contributed by atoms with van der Waals surface area (Å²) in [5.74, 6) is 0.756. The molecule has 25 heavy (non-hydrogen) atoms. The van der Waals surface area contributed by atoms with Gasteiger partial charge in [-0.05, 0) is 36.2 Å². The number of benzene rings is 2. The molecular weight excluding hydrogens is 318 g/mol. The summed E-state index contributed by atoms with van der Waals surface area (Å²) in [6.45, 7) is 2.43. The molecule has 128 valence electrons. The van der Waals surface area contributed by atoms with Gasteiger partial charge in [0.2, 0.25) is 0 Å². The summed E-state index contributed by atoms with van der Waals surface area (Å²) in [6, 6.07) is 15.0. The van der Waals surface area contributed by atoms with Crippen LogP contribution >= 0.6 is 0 Å². The lowest BCUT2D eigenvalue weighted by molar-refractivity contribution is 0.0594. The molecule has 0 bridgehead atoms. The van der Waals surface area contributed by atoms with E-state index in [9.17, 15) is 4.79 Å². The summed E-state index contributed by atoms with van der Waals surface area (Å²) in [5.41, 5.74) is 3.07. The molecule has 1 heterocycles. The minimum atomic E-state index is -0.501. The van der Waals surface area contributed by atoms with Crippen LogP contribution in [0, 0.1) is 6.92 Å². The Kier molecular flexibility index (Phi) is 4.84. The summed E-state index contributed by atoms with van der Waals surface area (Å²) in [5, 5.41) is 0.778. The molecule has 3 rings (SSSR count). The zero-order valence-corrected chi connectivity index (χ0v) is 14.4. The number of hydrogen-bond donors (Lipinski definition) is 0. The molecule has 1 aromatic heterocycles. The molecule has 0 saturated carbocycles. The van der Waals surface area contributed by atoms with E-state index in [-0.39, 0.29) is 5.69 Å². The molecule has 0 spiro atoms. The molecule has 0 atom stereocenters. The zero-order valence-electron chi connectivity index (χ0n) is 14.4. The van der Waals surface area contributed by atoms with E-state index < -0.39 is 5.97 Å². The summed E-state index contributed by atoms with van der Waals surface area (Å²) >= 11 is 0. The van der Waals surface area contributed by atoms with E-state index in [4.69, 9.17) is 14.2 Å². The van der Waals surface area contributed by atoms with Crippen molar-refractivity contribution in [3.05, 3.63) is 65.4 Å². The summed E-state index contributed by atoms with van der Waals surface area (Å²) in [6.07, 6.45) is 0. The van der Waals surface area contributed by atoms with Gasteiger partial charge >= 0.3 is 5.97 Å². The van der Waals surface area contributed by atoms with Crippen molar-refractivity contribution in [1.29, 1.82) is 0 Å². The Labute approximate surface area is 146 Å². The van der Waals surface area contributed by atoms with Crippen LogP contribution in [0.1, 0.15) is 21.6 Å². The number of fused-ring (bicyclic) bond motifs is 1. The molecule has 5 nitrogen and oxygen atoms in total. The zero-order chi connectivity index (χ0) is 17.8. The van der Waals surface area contributed by atoms with Gasteiger partial charge in [0.05, 0.1) is 19.7 Å². The Hall–Kier alpha value is -3.08. The van der Waals surface area contributed by atoms with Gasteiger partial charge in [0.25, 0.3) is 0 Å². The third kappa shape index (κ3) is 3.55. The number of aromatic nitrogens is 1. The predicted octanol–water partition coefficient (Wildman–Crippen LogP) is 3.92. The Morgan fingerprint density at radius 3 is 2.60 bits per heavy atom. The SMILES string of the molecule is COC(=O)c1cc(OCc2ccccc2C)c2cc(OC)ccc2n1. The van der Waals surface area contributed by atoms with Gasteiger partial charge in [-0.25, -0.2) is 9.78 Å². The minimum absolute atomic E-state index is 0.208. The molecule has 0 aliphatic heterocycles. The van der Waals surface area contributed by atoms with Crippen LogP contribution in [0.25, 0.3) is 10.9 Å². The second-order valence-corrected chi connectivity index (χ2v) is 5.60. The van der Waals surface area contributed by atoms with Crippen LogP contribution in [-0.2, 0) is 11.3 Å². The van der Waals surface area contributed by atoms with E-state index in [2.05, 4.69) is 4.98 Å². The molecule has 2 aromatic carbocycles. The Morgan fingerprint density at radius 1 is 1.08 bits per heavy atom. The second-order valence-electron chi connectivity index (χ2n) is 5.60. The number of nitrogens with zero attached hydrogens (tertiary/aromatic N) is 1. The number of hydrogen-bond acceptors (Lipinski definition) is 5. The maximum atomic E-state index is 11.9. The van der Waals surface area contributed by atoms with Gasteiger partial charge in [0.15, 0.2) is 5.69 Å². The van der Waals surface area contributed by atoms with Crippen molar-refractivity contribution in [2.24, 2.45) is 0 Å². The number of carbonyl (C=O) groups is 1. The van der Waals surface area contributed by atoms with Crippen LogP contribution in [0.3, 0.4) is 0 Å². The van der Waals surface area contributed by atoms with Gasteiger partial charge in [-0.3, -0.25) is 0 Å². The van der Waals surface area contributed by atoms with E-state index in [0.717, 1.165) is 16.5 Å². The topological polar surface area (TPSA) is 57.7 Å². The van der Waals surface area contributed by atoms with Crippen molar-refractivity contribution in [2.45, 2.75) is 13.5 Å². The Bertz CT molecular complexity index is 921. The third-order valence-corrected chi connectivity index (χ3v) is 4.02. The van der Waals surface area contributed by atoms with Crippen LogP contribution < -0.4 is 9.47 Å². The summed E-state index contributed by atoms with van der Waals surface area (Å²) in [4.78, 5) is 16.2. The van der Waals surface area contributed by atoms with Gasteiger partial charge in [0.1, 0.15) is 18.1 Å². The molecule has 0 aliphatic carbocycles. The van der Waals surface area contributed by atoms with Crippen molar-refractivity contribution in [2.75, 3.05) is 14.2 Å². The first-order valence-electron chi connectivity index (χ1n) is 7.87. The fraction of sp³-hybridized carbons (Fsp3) is 0.200. The first kappa shape index (κ1) is 16.8. The highest BCUT2D eigenvalue weighted by Gasteiger charge is 2.14. The number of methoxy groups -OCH3 is 2. The van der Waals surface area contributed by atoms with Crippen LogP contribution in [0.15, 0.2) is 48.5 Å². The highest BCUT2D eigenvalue weighted by Crippen LogP contribution is 2.30. The lowest BCUT2D eigenvalue weighted by atomic mass is 10.1. The van der Waals surface area contributed by atoms with Gasteiger partial charge in [-0.1, -0.05) is 24.3 Å². The average molecular weight is 337 g/mol. The molecule has 0 saturated heterocycles. The third-order valence-electron chi connectivity index (χ3n) is 4.02. The molecular formula is C20H19NO4. The summed E-state index contributed by atoms with van der Waals surface area (Å²) < 4.78 is 16.1. The first-order chi connectivity index (χ1) is 12.1. The highest BCUT2D eigenvalue weighted by atomic mass is 16.5. The van der Waals surface area contributed by atoms with Crippen LogP contribution in [0.4, 0.5) is 0 Å². The number of rotatable bonds is 5. The van der Waals surface area contributed by atoms with Gasteiger partial charge in [0, 0.05) is 11.5 Å². The quantitative estimate of drug-likeness (QED) is 0.661. The number of ether oxygens (including phenoxy) is 3. The standard InChI is InChI=1S/C20H19NO4/c1-13-6-4-5-7-14(13)12-25-19-11-18(20(22)24-3)21-17-9-8-15(23-2)10-16(17)19/h4-11H,12H2,1-3H3. The lowest BCUT2D eigenvalue weighted by Crippen LogP contribution is -2.06. The molecule has 5 heteroatoms. The van der Waals surface area contributed by atoms with E-state index in [1.54, 1.807) is 25.3 Å². The van der Waals surface area contributed by atoms with Gasteiger partial charge < -0.3 is 14.2 Å². The monoisotopic (exact) mass is 337 g/mol. The fourth-order valence-electron chi connectivity index (χ4n) is 2.56. The van der Waals surface area contributed by atoms with Crippen LogP contribution in [0.2, 0.25) is 0 Å². The number of pyridine rings is 1. The lowest BCUT2D eigenvalue weighted by Gasteiger charge is -2.13. The van der Waals surface area contributed by atoms with E-state index in [0.29, 0.717) is 23.6 Å². The van der Waals surface area contributed by atoms with Crippen molar-refractivity contribution < 1.29 is 19.0 Å². The van der Waals surface area contributed by atoms with Gasteiger partial charge in [-0.15, -0.1) is 0 Å². The van der Waals surface area contributed by atoms with Crippen LogP contribution in [-0.4, -0.2) is 25.2 Å². The molecule has 0 fully saturated rings. The van der Waals surface area contributed by atoms with Gasteiger partial charge in [-0.2, -0.15) is 0 Å². The molecule has 0 unspecified atom stereocenters. The van der Waals surface area contributed by atoms with Crippen molar-refractivity contribution in [1.82, 2.24) is 4.98 Å². The number of esters is 1. The van der Waals surface area contributed by atoms with Crippen molar-refractivity contribution in [3.8, 4) is 11.5 Å². The fourth-order valence-corrected chi connectivity index (χ4v) is 2.56. The smallest absolute Gasteiger partial charge is 0.356 e.